The van der Waals surface area contributed by atoms with Gasteiger partial charge in [0.15, 0.2) is 11.5 Å². The highest BCUT2D eigenvalue weighted by atomic mass is 32.2. The van der Waals surface area contributed by atoms with Gasteiger partial charge in [0.2, 0.25) is 0 Å². The first-order valence-corrected chi connectivity index (χ1v) is 6.92. The zero-order valence-electron chi connectivity index (χ0n) is 10.6. The van der Waals surface area contributed by atoms with Crippen molar-refractivity contribution in [3.63, 3.8) is 0 Å². The van der Waals surface area contributed by atoms with Crippen molar-refractivity contribution in [2.24, 2.45) is 5.73 Å². The summed E-state index contributed by atoms with van der Waals surface area (Å²) in [5, 5.41) is 0. The number of rotatable bonds is 5. The average molecular weight is 253 g/mol. The van der Waals surface area contributed by atoms with E-state index in [1.54, 1.807) is 26.0 Å². The van der Waals surface area contributed by atoms with E-state index in [-0.39, 0.29) is 5.54 Å². The Hall–Kier alpha value is -0.870. The van der Waals surface area contributed by atoms with Gasteiger partial charge in [0.1, 0.15) is 0 Å². The Labute approximate surface area is 107 Å². The largest absolute Gasteiger partial charge is 0.493 e. The van der Waals surface area contributed by atoms with Gasteiger partial charge in [-0.1, -0.05) is 0 Å². The number of hydrogen-bond donors (Lipinski definition) is 1. The monoisotopic (exact) mass is 253 g/mol. The van der Waals surface area contributed by atoms with Gasteiger partial charge in [0, 0.05) is 5.54 Å². The van der Waals surface area contributed by atoms with Crippen LogP contribution in [0.2, 0.25) is 0 Å². The van der Waals surface area contributed by atoms with E-state index < -0.39 is 0 Å². The third-order valence-corrected chi connectivity index (χ3v) is 3.92. The van der Waals surface area contributed by atoms with Crippen molar-refractivity contribution < 1.29 is 9.47 Å². The van der Waals surface area contributed by atoms with Crippen LogP contribution in [0.5, 0.6) is 11.5 Å². The molecule has 1 aromatic rings. The molecule has 0 unspecified atom stereocenters. The van der Waals surface area contributed by atoms with Crippen LogP contribution in [-0.4, -0.2) is 26.0 Å². The van der Waals surface area contributed by atoms with Crippen molar-refractivity contribution in [3.05, 3.63) is 17.7 Å². The van der Waals surface area contributed by atoms with Crippen LogP contribution < -0.4 is 15.2 Å². The van der Waals surface area contributed by atoms with Crippen LogP contribution in [0.15, 0.2) is 17.0 Å². The van der Waals surface area contributed by atoms with Crippen LogP contribution in [0.4, 0.5) is 0 Å². The molecule has 3 nitrogen and oxygen atoms in total. The first-order chi connectivity index (χ1) is 8.11. The molecule has 1 aliphatic carbocycles. The van der Waals surface area contributed by atoms with Crippen molar-refractivity contribution in [1.29, 1.82) is 0 Å². The number of thioether (sulfide) groups is 1. The molecular weight excluding hydrogens is 234 g/mol. The summed E-state index contributed by atoms with van der Waals surface area (Å²) in [6.45, 7) is 0. The molecule has 0 amide bonds. The minimum atomic E-state index is 0.0231. The quantitative estimate of drug-likeness (QED) is 0.819. The molecule has 17 heavy (non-hydrogen) atoms. The number of methoxy groups -OCH3 is 2. The first-order valence-electron chi connectivity index (χ1n) is 5.69. The topological polar surface area (TPSA) is 44.5 Å². The fourth-order valence-electron chi connectivity index (χ4n) is 1.98. The molecule has 94 valence electrons. The standard InChI is InChI=1S/C13H19NO2S/c1-15-10-6-9(8-13(14)4-5-13)7-11(17-3)12(10)16-2/h6-7H,4-5,8,14H2,1-3H3. The number of nitrogens with two attached hydrogens (primary N) is 1. The van der Waals surface area contributed by atoms with Gasteiger partial charge in [-0.2, -0.15) is 0 Å². The molecule has 1 saturated carbocycles. The molecule has 0 atom stereocenters. The van der Waals surface area contributed by atoms with Gasteiger partial charge in [0.25, 0.3) is 0 Å². The van der Waals surface area contributed by atoms with Gasteiger partial charge in [-0.3, -0.25) is 0 Å². The normalized spacial score (nSPS) is 16.7. The van der Waals surface area contributed by atoms with Crippen molar-refractivity contribution in [3.8, 4) is 11.5 Å². The summed E-state index contributed by atoms with van der Waals surface area (Å²) in [7, 11) is 3.34. The highest BCUT2D eigenvalue weighted by molar-refractivity contribution is 7.98. The minimum absolute atomic E-state index is 0.0231. The van der Waals surface area contributed by atoms with Crippen LogP contribution in [0, 0.1) is 0 Å². The summed E-state index contributed by atoms with van der Waals surface area (Å²) in [5.74, 6) is 1.60. The van der Waals surface area contributed by atoms with Gasteiger partial charge >= 0.3 is 0 Å². The molecule has 2 rings (SSSR count). The molecule has 0 radical (unpaired) electrons. The Morgan fingerprint density at radius 3 is 2.47 bits per heavy atom. The van der Waals surface area contributed by atoms with E-state index in [1.807, 2.05) is 12.3 Å². The third-order valence-electron chi connectivity index (χ3n) is 3.17. The Kier molecular flexibility index (Phi) is 3.54. The van der Waals surface area contributed by atoms with E-state index in [4.69, 9.17) is 15.2 Å². The molecular formula is C13H19NO2S. The summed E-state index contributed by atoms with van der Waals surface area (Å²) in [6.07, 6.45) is 5.20. The van der Waals surface area contributed by atoms with E-state index in [9.17, 15) is 0 Å². The maximum Gasteiger partial charge on any atom is 0.174 e. The van der Waals surface area contributed by atoms with E-state index in [0.717, 1.165) is 35.7 Å². The van der Waals surface area contributed by atoms with Crippen LogP contribution in [0.25, 0.3) is 0 Å². The van der Waals surface area contributed by atoms with Crippen LogP contribution >= 0.6 is 11.8 Å². The molecule has 0 aromatic heterocycles. The van der Waals surface area contributed by atoms with Gasteiger partial charge in [-0.25, -0.2) is 0 Å². The molecule has 1 aromatic carbocycles. The molecule has 0 bridgehead atoms. The lowest BCUT2D eigenvalue weighted by molar-refractivity contribution is 0.347. The number of hydrogen-bond acceptors (Lipinski definition) is 4. The van der Waals surface area contributed by atoms with Gasteiger partial charge < -0.3 is 15.2 Å². The van der Waals surface area contributed by atoms with E-state index in [1.165, 1.54) is 5.56 Å². The van der Waals surface area contributed by atoms with Gasteiger partial charge in [-0.15, -0.1) is 11.8 Å². The van der Waals surface area contributed by atoms with Crippen LogP contribution in [0.3, 0.4) is 0 Å². The van der Waals surface area contributed by atoms with Gasteiger partial charge in [-0.05, 0) is 43.2 Å². The molecule has 4 heteroatoms. The Morgan fingerprint density at radius 1 is 1.29 bits per heavy atom. The first kappa shape index (κ1) is 12.6. The van der Waals surface area contributed by atoms with Crippen LogP contribution in [0.1, 0.15) is 18.4 Å². The lowest BCUT2D eigenvalue weighted by atomic mass is 10.0. The lowest BCUT2D eigenvalue weighted by Crippen LogP contribution is -2.24. The molecule has 0 spiro atoms. The van der Waals surface area contributed by atoms with Gasteiger partial charge in [0.05, 0.1) is 19.1 Å². The highest BCUT2D eigenvalue weighted by Gasteiger charge is 2.38. The fraction of sp³-hybridized carbons (Fsp3) is 0.538. The Bertz CT molecular complexity index is 391. The highest BCUT2D eigenvalue weighted by Crippen LogP contribution is 2.41. The Balaban J connectivity index is 2.33. The predicted octanol–water partition coefficient (Wildman–Crippen LogP) is 2.46. The molecule has 2 N–H and O–H groups in total. The second-order valence-corrected chi connectivity index (χ2v) is 5.42. The van der Waals surface area contributed by atoms with Crippen LogP contribution in [-0.2, 0) is 6.42 Å². The summed E-state index contributed by atoms with van der Waals surface area (Å²) in [4.78, 5) is 1.10. The molecule has 1 aliphatic rings. The lowest BCUT2D eigenvalue weighted by Gasteiger charge is -2.15. The zero-order chi connectivity index (χ0) is 12.5. The maximum absolute atomic E-state index is 6.15. The third kappa shape index (κ3) is 2.69. The van der Waals surface area contributed by atoms with Crippen molar-refractivity contribution >= 4 is 11.8 Å². The van der Waals surface area contributed by atoms with Crippen molar-refractivity contribution in [2.45, 2.75) is 29.7 Å². The second kappa shape index (κ2) is 4.78. The predicted molar refractivity (Wildman–Crippen MR) is 71.2 cm³/mol. The van der Waals surface area contributed by atoms with Crippen molar-refractivity contribution in [2.75, 3.05) is 20.5 Å². The number of benzene rings is 1. The van der Waals surface area contributed by atoms with E-state index >= 15 is 0 Å². The van der Waals surface area contributed by atoms with E-state index in [2.05, 4.69) is 6.07 Å². The molecule has 0 saturated heterocycles. The SMILES string of the molecule is COc1cc(CC2(N)CC2)cc(SC)c1OC. The number of ether oxygens (including phenoxy) is 2. The average Bonchev–Trinajstić information content (AvgIpc) is 3.05. The minimum Gasteiger partial charge on any atom is -0.493 e. The zero-order valence-corrected chi connectivity index (χ0v) is 11.4. The summed E-state index contributed by atoms with van der Waals surface area (Å²) in [5.41, 5.74) is 7.41. The maximum atomic E-state index is 6.15. The molecule has 0 heterocycles. The smallest absolute Gasteiger partial charge is 0.174 e. The fourth-order valence-corrected chi connectivity index (χ4v) is 2.62. The summed E-state index contributed by atoms with van der Waals surface area (Å²) in [6, 6.07) is 4.18. The summed E-state index contributed by atoms with van der Waals surface area (Å²) >= 11 is 1.66. The summed E-state index contributed by atoms with van der Waals surface area (Å²) < 4.78 is 10.8. The molecule has 1 fully saturated rings. The Morgan fingerprint density at radius 2 is 2.00 bits per heavy atom. The molecule has 0 aliphatic heterocycles. The second-order valence-electron chi connectivity index (χ2n) is 4.57. The van der Waals surface area contributed by atoms with Crippen molar-refractivity contribution in [1.82, 2.24) is 0 Å². The van der Waals surface area contributed by atoms with E-state index in [0.29, 0.717) is 0 Å².